The van der Waals surface area contributed by atoms with Crippen LogP contribution in [0.4, 0.5) is 5.69 Å². The summed E-state index contributed by atoms with van der Waals surface area (Å²) in [6.45, 7) is 2.04. The molecule has 1 N–H and O–H groups in total. The van der Waals surface area contributed by atoms with Crippen LogP contribution < -0.4 is 10.7 Å². The molecular weight excluding hydrogens is 278 g/mol. The van der Waals surface area contributed by atoms with E-state index in [1.807, 2.05) is 25.1 Å². The Morgan fingerprint density at radius 1 is 1.09 bits per heavy atom. The third kappa shape index (κ3) is 2.76. The Balaban J connectivity index is 1.93. The zero-order valence-corrected chi connectivity index (χ0v) is 12.1. The number of carbonyl (C=O) groups excluding carboxylic acids is 1. The monoisotopic (exact) mass is 293 g/mol. The van der Waals surface area contributed by atoms with Crippen molar-refractivity contribution in [1.29, 1.82) is 0 Å². The van der Waals surface area contributed by atoms with Crippen LogP contribution in [0.25, 0.3) is 11.0 Å². The number of hydrogen-bond donors (Lipinski definition) is 1. The Morgan fingerprint density at radius 3 is 2.73 bits per heavy atom. The molecule has 0 spiro atoms. The summed E-state index contributed by atoms with van der Waals surface area (Å²) in [6, 6.07) is 15.7. The first kappa shape index (κ1) is 14.1. The van der Waals surface area contributed by atoms with Gasteiger partial charge < -0.3 is 9.73 Å². The van der Waals surface area contributed by atoms with Gasteiger partial charge in [-0.05, 0) is 36.2 Å². The largest absolute Gasteiger partial charge is 0.451 e. The average Bonchev–Trinajstić information content (AvgIpc) is 2.55. The predicted molar refractivity (Wildman–Crippen MR) is 86.3 cm³/mol. The molecule has 0 fully saturated rings. The van der Waals surface area contributed by atoms with Crippen molar-refractivity contribution in [2.75, 3.05) is 5.32 Å². The highest BCUT2D eigenvalue weighted by Gasteiger charge is 2.12. The molecule has 0 unspecified atom stereocenters. The van der Waals surface area contributed by atoms with Gasteiger partial charge in [0.1, 0.15) is 5.58 Å². The second-order valence-electron chi connectivity index (χ2n) is 4.98. The highest BCUT2D eigenvalue weighted by molar-refractivity contribution is 6.03. The summed E-state index contributed by atoms with van der Waals surface area (Å²) < 4.78 is 5.52. The van der Waals surface area contributed by atoms with Crippen molar-refractivity contribution in [3.05, 3.63) is 76.1 Å². The van der Waals surface area contributed by atoms with Crippen LogP contribution in [-0.4, -0.2) is 5.91 Å². The fraction of sp³-hybridized carbons (Fsp3) is 0.111. The molecule has 22 heavy (non-hydrogen) atoms. The number of carbonyl (C=O) groups is 1. The molecule has 3 rings (SSSR count). The van der Waals surface area contributed by atoms with Crippen LogP contribution in [0, 0.1) is 0 Å². The Bertz CT molecular complexity index is 896. The quantitative estimate of drug-likeness (QED) is 0.802. The van der Waals surface area contributed by atoms with Crippen molar-refractivity contribution >= 4 is 22.6 Å². The van der Waals surface area contributed by atoms with Crippen molar-refractivity contribution in [3.63, 3.8) is 0 Å². The Kier molecular flexibility index (Phi) is 3.74. The van der Waals surface area contributed by atoms with Crippen molar-refractivity contribution in [2.45, 2.75) is 13.3 Å². The zero-order valence-electron chi connectivity index (χ0n) is 12.1. The van der Waals surface area contributed by atoms with Gasteiger partial charge in [0, 0.05) is 11.8 Å². The molecule has 0 aliphatic carbocycles. The number of hydrogen-bond acceptors (Lipinski definition) is 3. The molecule has 2 aromatic carbocycles. The molecule has 4 heteroatoms. The molecule has 4 nitrogen and oxygen atoms in total. The lowest BCUT2D eigenvalue weighted by Crippen LogP contribution is -2.15. The lowest BCUT2D eigenvalue weighted by atomic mass is 10.1. The minimum Gasteiger partial charge on any atom is -0.451 e. The van der Waals surface area contributed by atoms with Crippen LogP contribution in [-0.2, 0) is 6.42 Å². The van der Waals surface area contributed by atoms with E-state index < -0.39 is 5.91 Å². The van der Waals surface area contributed by atoms with E-state index in [-0.39, 0.29) is 11.2 Å². The number of aryl methyl sites for hydroxylation is 1. The van der Waals surface area contributed by atoms with Crippen LogP contribution in [0.15, 0.2) is 63.8 Å². The molecule has 0 aliphatic rings. The normalized spacial score (nSPS) is 10.6. The Hall–Kier alpha value is -2.88. The van der Waals surface area contributed by atoms with Gasteiger partial charge in [-0.25, -0.2) is 0 Å². The van der Waals surface area contributed by atoms with E-state index in [9.17, 15) is 9.59 Å². The number of rotatable bonds is 3. The van der Waals surface area contributed by atoms with E-state index in [0.29, 0.717) is 16.7 Å². The highest BCUT2D eigenvalue weighted by atomic mass is 16.3. The summed E-state index contributed by atoms with van der Waals surface area (Å²) in [5, 5.41) is 3.22. The van der Waals surface area contributed by atoms with Gasteiger partial charge >= 0.3 is 0 Å². The number of para-hydroxylation sites is 1. The molecule has 3 aromatic rings. The molecule has 0 radical (unpaired) electrons. The number of amides is 1. The lowest BCUT2D eigenvalue weighted by Gasteiger charge is -2.06. The van der Waals surface area contributed by atoms with Crippen LogP contribution in [0.1, 0.15) is 23.0 Å². The van der Waals surface area contributed by atoms with E-state index in [4.69, 9.17) is 4.42 Å². The standard InChI is InChI=1S/C18H15NO3/c1-2-12-6-5-7-13(10-12)19-18(21)17-11-15(20)14-8-3-4-9-16(14)22-17/h3-11H,2H2,1H3,(H,19,21). The smallest absolute Gasteiger partial charge is 0.291 e. The van der Waals surface area contributed by atoms with Gasteiger partial charge in [0.25, 0.3) is 5.91 Å². The van der Waals surface area contributed by atoms with Crippen molar-refractivity contribution in [3.8, 4) is 0 Å². The molecular formula is C18H15NO3. The van der Waals surface area contributed by atoms with E-state index in [0.717, 1.165) is 12.0 Å². The van der Waals surface area contributed by atoms with Gasteiger partial charge in [-0.1, -0.05) is 31.2 Å². The molecule has 0 saturated carbocycles. The molecule has 0 atom stereocenters. The molecule has 1 heterocycles. The minimum absolute atomic E-state index is 0.00519. The van der Waals surface area contributed by atoms with Crippen LogP contribution in [0.5, 0.6) is 0 Å². The summed E-state index contributed by atoms with van der Waals surface area (Å²) in [5.41, 5.74) is 1.98. The van der Waals surface area contributed by atoms with Gasteiger partial charge in [0.2, 0.25) is 0 Å². The topological polar surface area (TPSA) is 59.3 Å². The Morgan fingerprint density at radius 2 is 1.91 bits per heavy atom. The summed E-state index contributed by atoms with van der Waals surface area (Å²) in [6.07, 6.45) is 0.884. The Labute approximate surface area is 127 Å². The molecule has 1 aromatic heterocycles. The predicted octanol–water partition coefficient (Wildman–Crippen LogP) is 3.61. The van der Waals surface area contributed by atoms with Gasteiger partial charge in [-0.2, -0.15) is 0 Å². The molecule has 1 amide bonds. The van der Waals surface area contributed by atoms with Gasteiger partial charge in [-0.15, -0.1) is 0 Å². The second-order valence-corrected chi connectivity index (χ2v) is 4.98. The maximum absolute atomic E-state index is 12.3. The van der Waals surface area contributed by atoms with E-state index in [1.54, 1.807) is 30.3 Å². The first-order valence-electron chi connectivity index (χ1n) is 7.10. The van der Waals surface area contributed by atoms with E-state index in [2.05, 4.69) is 5.32 Å². The first-order chi connectivity index (χ1) is 10.7. The van der Waals surface area contributed by atoms with Gasteiger partial charge in [-0.3, -0.25) is 9.59 Å². The SMILES string of the molecule is CCc1cccc(NC(=O)c2cc(=O)c3ccccc3o2)c1. The van der Waals surface area contributed by atoms with E-state index in [1.165, 1.54) is 6.07 Å². The molecule has 0 bridgehead atoms. The average molecular weight is 293 g/mol. The maximum Gasteiger partial charge on any atom is 0.291 e. The summed E-state index contributed by atoms with van der Waals surface area (Å²) in [7, 11) is 0. The maximum atomic E-state index is 12.3. The molecule has 0 aliphatic heterocycles. The van der Waals surface area contributed by atoms with Crippen LogP contribution >= 0.6 is 0 Å². The number of fused-ring (bicyclic) bond motifs is 1. The fourth-order valence-electron chi connectivity index (χ4n) is 2.28. The van der Waals surface area contributed by atoms with Crippen molar-refractivity contribution in [2.24, 2.45) is 0 Å². The summed E-state index contributed by atoms with van der Waals surface area (Å²) in [5.74, 6) is -0.429. The first-order valence-corrected chi connectivity index (χ1v) is 7.10. The van der Waals surface area contributed by atoms with E-state index >= 15 is 0 Å². The fourth-order valence-corrected chi connectivity index (χ4v) is 2.28. The van der Waals surface area contributed by atoms with Crippen LogP contribution in [0.3, 0.4) is 0 Å². The number of anilines is 1. The third-order valence-electron chi connectivity index (χ3n) is 3.45. The minimum atomic E-state index is -0.434. The number of nitrogens with one attached hydrogen (secondary N) is 1. The second kappa shape index (κ2) is 5.85. The van der Waals surface area contributed by atoms with Crippen molar-refractivity contribution < 1.29 is 9.21 Å². The van der Waals surface area contributed by atoms with Gasteiger partial charge in [0.15, 0.2) is 11.2 Å². The lowest BCUT2D eigenvalue weighted by molar-refractivity contribution is 0.0997. The summed E-state index contributed by atoms with van der Waals surface area (Å²) in [4.78, 5) is 24.3. The zero-order chi connectivity index (χ0) is 15.5. The molecule has 0 saturated heterocycles. The molecule has 110 valence electrons. The number of benzene rings is 2. The van der Waals surface area contributed by atoms with Crippen molar-refractivity contribution in [1.82, 2.24) is 0 Å². The highest BCUT2D eigenvalue weighted by Crippen LogP contribution is 2.15. The van der Waals surface area contributed by atoms with Gasteiger partial charge in [0.05, 0.1) is 5.39 Å². The third-order valence-corrected chi connectivity index (χ3v) is 3.45. The summed E-state index contributed by atoms with van der Waals surface area (Å²) >= 11 is 0. The van der Waals surface area contributed by atoms with Crippen LogP contribution in [0.2, 0.25) is 0 Å².